The molecule has 0 spiro atoms. The van der Waals surface area contributed by atoms with Gasteiger partial charge < -0.3 is 9.47 Å². The molecule has 1 atom stereocenters. The number of fused-ring (bicyclic) bond motifs is 1. The van der Waals surface area contributed by atoms with Crippen LogP contribution < -0.4 is 4.74 Å². The second kappa shape index (κ2) is 6.77. The van der Waals surface area contributed by atoms with Gasteiger partial charge in [-0.3, -0.25) is 4.21 Å². The lowest BCUT2D eigenvalue weighted by Gasteiger charge is -2.20. The molecule has 0 saturated heterocycles. The largest absolute Gasteiger partial charge is 0.467 e. The summed E-state index contributed by atoms with van der Waals surface area (Å²) in [6.45, 7) is 0.444. The average molecular weight is 341 g/mol. The van der Waals surface area contributed by atoms with Crippen LogP contribution in [0.25, 0.3) is 0 Å². The third kappa shape index (κ3) is 3.66. The van der Waals surface area contributed by atoms with Gasteiger partial charge in [-0.05, 0) is 29.8 Å². The summed E-state index contributed by atoms with van der Waals surface area (Å²) in [5.74, 6) is 0.852. The molecule has 1 aliphatic rings. The van der Waals surface area contributed by atoms with Crippen LogP contribution >= 0.6 is 11.6 Å². The standard InChI is InChI=1S/C16H14ClFO3S/c17-14-3-1-11(2-4-14)8-22(19)9-13-6-15(18)5-12-7-20-10-21-16(12)13/h1-6H,7-10H2. The Kier molecular flexibility index (Phi) is 4.76. The second-order valence-electron chi connectivity index (χ2n) is 5.02. The van der Waals surface area contributed by atoms with Gasteiger partial charge in [0.15, 0.2) is 6.79 Å². The molecule has 2 aromatic carbocycles. The molecule has 1 aliphatic heterocycles. The molecule has 0 fully saturated rings. The first kappa shape index (κ1) is 15.5. The van der Waals surface area contributed by atoms with Gasteiger partial charge in [0.1, 0.15) is 11.6 Å². The first-order valence-corrected chi connectivity index (χ1v) is 8.59. The Morgan fingerprint density at radius 3 is 2.73 bits per heavy atom. The molecule has 0 aliphatic carbocycles. The van der Waals surface area contributed by atoms with Gasteiger partial charge >= 0.3 is 0 Å². The van der Waals surface area contributed by atoms with Crippen molar-refractivity contribution in [2.75, 3.05) is 6.79 Å². The Morgan fingerprint density at radius 1 is 1.18 bits per heavy atom. The Morgan fingerprint density at radius 2 is 1.95 bits per heavy atom. The molecular formula is C16H14ClFO3S. The molecule has 1 heterocycles. The van der Waals surface area contributed by atoms with Crippen molar-refractivity contribution < 1.29 is 18.1 Å². The number of ether oxygens (including phenoxy) is 2. The van der Waals surface area contributed by atoms with Crippen LogP contribution in [-0.2, 0) is 33.6 Å². The molecule has 0 amide bonds. The van der Waals surface area contributed by atoms with E-state index in [2.05, 4.69) is 0 Å². The SMILES string of the molecule is O=S(Cc1ccc(Cl)cc1)Cc1cc(F)cc2c1OCOC2. The summed E-state index contributed by atoms with van der Waals surface area (Å²) in [6.07, 6.45) is 0. The van der Waals surface area contributed by atoms with Crippen molar-refractivity contribution in [2.45, 2.75) is 18.1 Å². The minimum atomic E-state index is -1.17. The van der Waals surface area contributed by atoms with Crippen LogP contribution in [-0.4, -0.2) is 11.0 Å². The predicted octanol–water partition coefficient (Wildman–Crippen LogP) is 3.79. The third-order valence-corrected chi connectivity index (χ3v) is 4.85. The Bertz CT molecular complexity index is 703. The Hall–Kier alpha value is -1.43. The van der Waals surface area contributed by atoms with Crippen molar-refractivity contribution in [3.63, 3.8) is 0 Å². The molecule has 3 nitrogen and oxygen atoms in total. The van der Waals surface area contributed by atoms with Gasteiger partial charge in [0, 0.05) is 32.7 Å². The lowest BCUT2D eigenvalue weighted by molar-refractivity contribution is -0.0171. The van der Waals surface area contributed by atoms with Crippen LogP contribution in [0.15, 0.2) is 36.4 Å². The topological polar surface area (TPSA) is 35.5 Å². The highest BCUT2D eigenvalue weighted by Gasteiger charge is 2.18. The van der Waals surface area contributed by atoms with Crippen molar-refractivity contribution in [1.29, 1.82) is 0 Å². The summed E-state index contributed by atoms with van der Waals surface area (Å²) in [5, 5.41) is 0.641. The average Bonchev–Trinajstić information content (AvgIpc) is 2.49. The summed E-state index contributed by atoms with van der Waals surface area (Å²) >= 11 is 5.83. The van der Waals surface area contributed by atoms with E-state index in [1.165, 1.54) is 12.1 Å². The van der Waals surface area contributed by atoms with Crippen LogP contribution in [0.2, 0.25) is 5.02 Å². The molecule has 2 aromatic rings. The lowest BCUT2D eigenvalue weighted by Crippen LogP contribution is -2.14. The van der Waals surface area contributed by atoms with E-state index in [1.54, 1.807) is 12.1 Å². The number of halogens is 2. The summed E-state index contributed by atoms with van der Waals surface area (Å²) in [7, 11) is -1.17. The smallest absolute Gasteiger partial charge is 0.189 e. The van der Waals surface area contributed by atoms with E-state index in [4.69, 9.17) is 21.1 Å². The molecular weight excluding hydrogens is 327 g/mol. The maximum absolute atomic E-state index is 13.7. The zero-order valence-corrected chi connectivity index (χ0v) is 13.3. The van der Waals surface area contributed by atoms with E-state index in [0.29, 0.717) is 34.3 Å². The zero-order valence-electron chi connectivity index (χ0n) is 11.7. The minimum absolute atomic E-state index is 0.134. The summed E-state index contributed by atoms with van der Waals surface area (Å²) < 4.78 is 36.6. The van der Waals surface area contributed by atoms with Crippen molar-refractivity contribution in [1.82, 2.24) is 0 Å². The number of hydrogen-bond donors (Lipinski definition) is 0. The lowest BCUT2D eigenvalue weighted by atomic mass is 10.1. The Labute approximate surface area is 135 Å². The zero-order chi connectivity index (χ0) is 15.5. The van der Waals surface area contributed by atoms with Crippen LogP contribution in [0.3, 0.4) is 0 Å². The van der Waals surface area contributed by atoms with Gasteiger partial charge in [-0.15, -0.1) is 0 Å². The van der Waals surface area contributed by atoms with E-state index in [1.807, 2.05) is 12.1 Å². The fourth-order valence-corrected chi connectivity index (χ4v) is 3.71. The molecule has 116 valence electrons. The predicted molar refractivity (Wildman–Crippen MR) is 83.7 cm³/mol. The number of benzene rings is 2. The van der Waals surface area contributed by atoms with Gasteiger partial charge in [0.2, 0.25) is 0 Å². The van der Waals surface area contributed by atoms with Gasteiger partial charge in [0.25, 0.3) is 0 Å². The van der Waals surface area contributed by atoms with Crippen LogP contribution in [0.1, 0.15) is 16.7 Å². The minimum Gasteiger partial charge on any atom is -0.467 e. The van der Waals surface area contributed by atoms with Gasteiger partial charge in [0.05, 0.1) is 12.4 Å². The van der Waals surface area contributed by atoms with E-state index in [-0.39, 0.29) is 18.4 Å². The van der Waals surface area contributed by atoms with Crippen molar-refractivity contribution in [3.8, 4) is 5.75 Å². The first-order valence-electron chi connectivity index (χ1n) is 6.73. The maximum atomic E-state index is 13.7. The van der Waals surface area contributed by atoms with E-state index >= 15 is 0 Å². The van der Waals surface area contributed by atoms with E-state index in [9.17, 15) is 8.60 Å². The number of hydrogen-bond acceptors (Lipinski definition) is 3. The van der Waals surface area contributed by atoms with E-state index in [0.717, 1.165) is 5.56 Å². The molecule has 22 heavy (non-hydrogen) atoms. The fourth-order valence-electron chi connectivity index (χ4n) is 2.35. The van der Waals surface area contributed by atoms with Crippen LogP contribution in [0.5, 0.6) is 5.75 Å². The summed E-state index contributed by atoms with van der Waals surface area (Å²) in [4.78, 5) is 0. The van der Waals surface area contributed by atoms with Gasteiger partial charge in [-0.1, -0.05) is 23.7 Å². The highest BCUT2D eigenvalue weighted by molar-refractivity contribution is 7.83. The molecule has 0 N–H and O–H groups in total. The van der Waals surface area contributed by atoms with E-state index < -0.39 is 10.8 Å². The van der Waals surface area contributed by atoms with Gasteiger partial charge in [-0.25, -0.2) is 4.39 Å². The van der Waals surface area contributed by atoms with Crippen LogP contribution in [0, 0.1) is 5.82 Å². The van der Waals surface area contributed by atoms with Crippen molar-refractivity contribution in [3.05, 3.63) is 63.9 Å². The maximum Gasteiger partial charge on any atom is 0.189 e. The first-order chi connectivity index (χ1) is 10.6. The van der Waals surface area contributed by atoms with Gasteiger partial charge in [-0.2, -0.15) is 0 Å². The number of rotatable bonds is 4. The highest BCUT2D eigenvalue weighted by atomic mass is 35.5. The summed E-state index contributed by atoms with van der Waals surface area (Å²) in [6, 6.07) is 9.97. The molecule has 0 aromatic heterocycles. The van der Waals surface area contributed by atoms with Crippen molar-refractivity contribution in [2.24, 2.45) is 0 Å². The summed E-state index contributed by atoms with van der Waals surface area (Å²) in [5.41, 5.74) is 2.20. The quantitative estimate of drug-likeness (QED) is 0.849. The molecule has 3 rings (SSSR count). The molecule has 0 saturated carbocycles. The normalized spacial score (nSPS) is 15.0. The highest BCUT2D eigenvalue weighted by Crippen LogP contribution is 2.30. The fraction of sp³-hybridized carbons (Fsp3) is 0.250. The Balaban J connectivity index is 1.76. The molecule has 6 heteroatoms. The third-order valence-electron chi connectivity index (χ3n) is 3.31. The van der Waals surface area contributed by atoms with Crippen LogP contribution in [0.4, 0.5) is 4.39 Å². The molecule has 1 unspecified atom stereocenters. The molecule has 0 radical (unpaired) electrons. The molecule has 0 bridgehead atoms. The van der Waals surface area contributed by atoms with Crippen molar-refractivity contribution >= 4 is 22.4 Å². The second-order valence-corrected chi connectivity index (χ2v) is 6.91. The monoisotopic (exact) mass is 340 g/mol.